The van der Waals surface area contributed by atoms with Crippen LogP contribution in [-0.4, -0.2) is 22.7 Å². The molecule has 1 amide bonds. The monoisotopic (exact) mass is 447 g/mol. The molecule has 0 bridgehead atoms. The molecule has 0 N–H and O–H groups in total. The molecule has 1 aliphatic heterocycles. The van der Waals surface area contributed by atoms with Crippen molar-refractivity contribution < 1.29 is 13.9 Å². The molecule has 3 heterocycles. The molecule has 0 spiro atoms. The first kappa shape index (κ1) is 20.4. The van der Waals surface area contributed by atoms with Gasteiger partial charge in [0.2, 0.25) is 10.9 Å². The Morgan fingerprint density at radius 1 is 1.16 bits per heavy atom. The Morgan fingerprint density at radius 3 is 2.78 bits per heavy atom. The van der Waals surface area contributed by atoms with Gasteiger partial charge >= 0.3 is 0 Å². The summed E-state index contributed by atoms with van der Waals surface area (Å²) in [4.78, 5) is 28.4. The number of ether oxygens (including phenoxy) is 1. The number of hydrogen-bond donors (Lipinski definition) is 0. The van der Waals surface area contributed by atoms with Gasteiger partial charge in [-0.3, -0.25) is 14.5 Å². The number of hydrogen-bond acceptors (Lipinski definition) is 7. The molecule has 7 nitrogen and oxygen atoms in total. The van der Waals surface area contributed by atoms with Gasteiger partial charge in [-0.2, -0.15) is 0 Å². The molecular formula is C24H21N3O4S. The number of nitrogens with zero attached hydrogens (tertiary/aromatic N) is 3. The van der Waals surface area contributed by atoms with Crippen LogP contribution in [0.15, 0.2) is 63.3 Å². The smallest absolute Gasteiger partial charge is 0.297 e. The summed E-state index contributed by atoms with van der Waals surface area (Å²) >= 11 is 1.23. The van der Waals surface area contributed by atoms with Crippen LogP contribution in [0.4, 0.5) is 5.13 Å². The van der Waals surface area contributed by atoms with E-state index in [1.807, 2.05) is 24.3 Å². The van der Waals surface area contributed by atoms with Gasteiger partial charge in [0.05, 0.1) is 23.6 Å². The molecule has 5 rings (SSSR count). The van der Waals surface area contributed by atoms with Crippen LogP contribution in [-0.2, 0) is 0 Å². The first-order valence-corrected chi connectivity index (χ1v) is 11.3. The lowest BCUT2D eigenvalue weighted by molar-refractivity contribution is 0.0970. The van der Waals surface area contributed by atoms with Crippen LogP contribution in [0.25, 0.3) is 11.0 Å². The van der Waals surface area contributed by atoms with E-state index >= 15 is 0 Å². The summed E-state index contributed by atoms with van der Waals surface area (Å²) in [6, 6.07) is 13.8. The van der Waals surface area contributed by atoms with E-state index in [0.717, 1.165) is 12.0 Å². The number of aromatic nitrogens is 2. The predicted octanol–water partition coefficient (Wildman–Crippen LogP) is 4.82. The molecule has 32 heavy (non-hydrogen) atoms. The summed E-state index contributed by atoms with van der Waals surface area (Å²) < 4.78 is 11.9. The van der Waals surface area contributed by atoms with Gasteiger partial charge in [-0.25, -0.2) is 0 Å². The lowest BCUT2D eigenvalue weighted by Gasteiger charge is -2.22. The molecule has 1 atom stereocenters. The number of carbonyl (C=O) groups is 1. The van der Waals surface area contributed by atoms with Gasteiger partial charge in [-0.1, -0.05) is 49.4 Å². The fourth-order valence-corrected chi connectivity index (χ4v) is 4.48. The van der Waals surface area contributed by atoms with E-state index in [2.05, 4.69) is 24.0 Å². The lowest BCUT2D eigenvalue weighted by atomic mass is 9.98. The second-order valence-corrected chi connectivity index (χ2v) is 8.88. The summed E-state index contributed by atoms with van der Waals surface area (Å²) in [6.07, 6.45) is 0.932. The second kappa shape index (κ2) is 8.20. The molecule has 162 valence electrons. The number of benzene rings is 2. The molecule has 0 saturated carbocycles. The zero-order valence-corrected chi connectivity index (χ0v) is 18.5. The van der Waals surface area contributed by atoms with E-state index in [0.29, 0.717) is 39.9 Å². The third-order valence-electron chi connectivity index (χ3n) is 5.47. The maximum Gasteiger partial charge on any atom is 0.297 e. The van der Waals surface area contributed by atoms with Crippen molar-refractivity contribution in [3.05, 3.63) is 81.2 Å². The molecule has 0 fully saturated rings. The fraction of sp³-hybridized carbons (Fsp3) is 0.250. The Morgan fingerprint density at radius 2 is 2.00 bits per heavy atom. The van der Waals surface area contributed by atoms with Gasteiger partial charge in [0.25, 0.3) is 5.91 Å². The standard InChI is InChI=1S/C24H21N3O4S/c1-14(2)10-11-30-16-7-5-6-15(12-16)20-19-21(28)17-8-3-4-9-18(17)31-22(19)23(29)27(20)24-26-25-13-32-24/h3-9,12-14,20H,10-11H2,1-2H3/t20-/m0/s1. The summed E-state index contributed by atoms with van der Waals surface area (Å²) in [5.41, 5.74) is 2.77. The van der Waals surface area contributed by atoms with Crippen molar-refractivity contribution in [2.45, 2.75) is 26.3 Å². The third-order valence-corrected chi connectivity index (χ3v) is 6.16. The van der Waals surface area contributed by atoms with Crippen molar-refractivity contribution in [3.63, 3.8) is 0 Å². The van der Waals surface area contributed by atoms with E-state index in [4.69, 9.17) is 9.15 Å². The Balaban J connectivity index is 1.66. The van der Waals surface area contributed by atoms with Crippen molar-refractivity contribution in [3.8, 4) is 5.75 Å². The minimum absolute atomic E-state index is 0.0417. The van der Waals surface area contributed by atoms with Crippen molar-refractivity contribution in [2.24, 2.45) is 5.92 Å². The van der Waals surface area contributed by atoms with Gasteiger partial charge in [0, 0.05) is 0 Å². The van der Waals surface area contributed by atoms with Crippen LogP contribution in [0.1, 0.15) is 48.0 Å². The maximum absolute atomic E-state index is 13.5. The van der Waals surface area contributed by atoms with E-state index < -0.39 is 11.9 Å². The number of carbonyl (C=O) groups excluding carboxylic acids is 1. The van der Waals surface area contributed by atoms with Crippen LogP contribution in [0, 0.1) is 5.92 Å². The molecule has 8 heteroatoms. The molecule has 0 radical (unpaired) electrons. The number of anilines is 1. The SMILES string of the molecule is CC(C)CCOc1cccc([C@H]2c3c(oc4ccccc4c3=O)C(=O)N2c2nncs2)c1. The molecule has 2 aromatic heterocycles. The predicted molar refractivity (Wildman–Crippen MR) is 122 cm³/mol. The molecule has 4 aromatic rings. The van der Waals surface area contributed by atoms with Crippen molar-refractivity contribution in [2.75, 3.05) is 11.5 Å². The Labute approximate surface area is 188 Å². The average molecular weight is 448 g/mol. The third kappa shape index (κ3) is 3.46. The Hall–Kier alpha value is -3.52. The van der Waals surface area contributed by atoms with Crippen molar-refractivity contribution >= 4 is 33.3 Å². The number of amides is 1. The van der Waals surface area contributed by atoms with Gasteiger partial charge in [-0.15, -0.1) is 10.2 Å². The quantitative estimate of drug-likeness (QED) is 0.421. The summed E-state index contributed by atoms with van der Waals surface area (Å²) in [5.74, 6) is 0.852. The van der Waals surface area contributed by atoms with Crippen LogP contribution in [0.3, 0.4) is 0 Å². The molecule has 0 saturated heterocycles. The highest BCUT2D eigenvalue weighted by Gasteiger charge is 2.45. The Kier molecular flexibility index (Phi) is 5.22. The van der Waals surface area contributed by atoms with Crippen LogP contribution in [0.5, 0.6) is 5.75 Å². The second-order valence-electron chi connectivity index (χ2n) is 8.07. The topological polar surface area (TPSA) is 85.5 Å². The van der Waals surface area contributed by atoms with Crippen molar-refractivity contribution in [1.29, 1.82) is 0 Å². The minimum Gasteiger partial charge on any atom is -0.494 e. The zero-order valence-electron chi connectivity index (χ0n) is 17.6. The van der Waals surface area contributed by atoms with Gasteiger partial charge < -0.3 is 9.15 Å². The minimum atomic E-state index is -0.681. The normalized spacial score (nSPS) is 15.5. The first-order chi connectivity index (χ1) is 15.5. The number of rotatable bonds is 6. The summed E-state index contributed by atoms with van der Waals surface area (Å²) in [6.45, 7) is 4.88. The van der Waals surface area contributed by atoms with Crippen LogP contribution in [0.2, 0.25) is 0 Å². The van der Waals surface area contributed by atoms with Crippen LogP contribution >= 0.6 is 11.3 Å². The van der Waals surface area contributed by atoms with Crippen molar-refractivity contribution in [1.82, 2.24) is 10.2 Å². The lowest BCUT2D eigenvalue weighted by Crippen LogP contribution is -2.29. The highest BCUT2D eigenvalue weighted by molar-refractivity contribution is 7.13. The molecule has 1 aliphatic rings. The van der Waals surface area contributed by atoms with Gasteiger partial charge in [-0.05, 0) is 42.2 Å². The average Bonchev–Trinajstić information content (AvgIpc) is 3.41. The van der Waals surface area contributed by atoms with E-state index in [1.54, 1.807) is 29.8 Å². The molecule has 0 aliphatic carbocycles. The largest absolute Gasteiger partial charge is 0.494 e. The molecular weight excluding hydrogens is 426 g/mol. The van der Waals surface area contributed by atoms with Gasteiger partial charge in [0.15, 0.2) is 5.43 Å². The van der Waals surface area contributed by atoms with E-state index in [1.165, 1.54) is 16.2 Å². The molecule has 0 unspecified atom stereocenters. The maximum atomic E-state index is 13.5. The highest BCUT2D eigenvalue weighted by atomic mass is 32.1. The summed E-state index contributed by atoms with van der Waals surface area (Å²) in [5, 5.41) is 8.82. The zero-order chi connectivity index (χ0) is 22.2. The number of fused-ring (bicyclic) bond motifs is 2. The fourth-order valence-electron chi connectivity index (χ4n) is 3.89. The summed E-state index contributed by atoms with van der Waals surface area (Å²) in [7, 11) is 0. The number of para-hydroxylation sites is 1. The van der Waals surface area contributed by atoms with E-state index in [9.17, 15) is 9.59 Å². The van der Waals surface area contributed by atoms with Crippen LogP contribution < -0.4 is 15.1 Å². The molecule has 2 aromatic carbocycles. The van der Waals surface area contributed by atoms with E-state index in [-0.39, 0.29) is 11.2 Å². The Bertz CT molecular complexity index is 1350. The highest BCUT2D eigenvalue weighted by Crippen LogP contribution is 2.42. The van der Waals surface area contributed by atoms with Gasteiger partial charge in [0.1, 0.15) is 16.8 Å². The first-order valence-electron chi connectivity index (χ1n) is 10.4.